The third-order valence-electron chi connectivity index (χ3n) is 5.31. The fourth-order valence-corrected chi connectivity index (χ4v) is 5.16. The molecule has 3 amide bonds. The lowest BCUT2D eigenvalue weighted by atomic mass is 10.0. The monoisotopic (exact) mass is 436 g/mol. The van der Waals surface area contributed by atoms with Crippen LogP contribution < -0.4 is 16.0 Å². The highest BCUT2D eigenvalue weighted by Crippen LogP contribution is 2.40. The Hall–Kier alpha value is -3.26. The lowest BCUT2D eigenvalue weighted by molar-refractivity contribution is -0.123. The van der Waals surface area contributed by atoms with Crippen LogP contribution in [-0.4, -0.2) is 40.5 Å². The van der Waals surface area contributed by atoms with E-state index in [1.807, 2.05) is 56.3 Å². The van der Waals surface area contributed by atoms with E-state index in [1.54, 1.807) is 12.1 Å². The molecule has 7 nitrogen and oxygen atoms in total. The van der Waals surface area contributed by atoms with E-state index in [0.29, 0.717) is 11.4 Å². The van der Waals surface area contributed by atoms with Crippen LogP contribution in [0.2, 0.25) is 0 Å². The summed E-state index contributed by atoms with van der Waals surface area (Å²) >= 11 is 1.53. The summed E-state index contributed by atoms with van der Waals surface area (Å²) in [5.74, 6) is -1.24. The van der Waals surface area contributed by atoms with Gasteiger partial charge in [-0.25, -0.2) is 0 Å². The predicted octanol–water partition coefficient (Wildman–Crippen LogP) is 2.92. The van der Waals surface area contributed by atoms with Crippen LogP contribution in [0.1, 0.15) is 24.3 Å². The van der Waals surface area contributed by atoms with Crippen LogP contribution in [0, 0.1) is 5.92 Å². The van der Waals surface area contributed by atoms with E-state index in [1.165, 1.54) is 16.7 Å². The second-order valence-electron chi connectivity index (χ2n) is 7.91. The van der Waals surface area contributed by atoms with Crippen LogP contribution in [-0.2, 0) is 9.59 Å². The molecule has 4 rings (SSSR count). The standard InChI is InChI=1S/C23H24N4O3S/c1-13(2)21-20(26-22(29)16-11-14-7-3-4-8-15(14)25-16)23(30)27(12-19(24)28)17-9-5-6-10-18(17)31-21/h3-11,13,20-21,25H,12H2,1-2H3,(H2,24,28)(H,26,29). The number of hydrogen-bond acceptors (Lipinski definition) is 4. The number of amides is 3. The normalized spacial score (nSPS) is 18.7. The lowest BCUT2D eigenvalue weighted by Gasteiger charge is -2.29. The number of aromatic nitrogens is 1. The van der Waals surface area contributed by atoms with Crippen molar-refractivity contribution in [3.63, 3.8) is 0 Å². The number of primary amides is 1. The van der Waals surface area contributed by atoms with Gasteiger partial charge in [0.2, 0.25) is 5.91 Å². The largest absolute Gasteiger partial charge is 0.368 e. The van der Waals surface area contributed by atoms with Crippen LogP contribution in [0.5, 0.6) is 0 Å². The van der Waals surface area contributed by atoms with E-state index >= 15 is 0 Å². The number of nitrogens with zero attached hydrogens (tertiary/aromatic N) is 1. The first-order chi connectivity index (χ1) is 14.8. The number of carbonyl (C=O) groups excluding carboxylic acids is 3. The van der Waals surface area contributed by atoms with E-state index in [0.717, 1.165) is 15.8 Å². The zero-order chi connectivity index (χ0) is 22.1. The average molecular weight is 437 g/mol. The minimum absolute atomic E-state index is 0.0866. The third kappa shape index (κ3) is 4.16. The van der Waals surface area contributed by atoms with Gasteiger partial charge in [0.25, 0.3) is 11.8 Å². The summed E-state index contributed by atoms with van der Waals surface area (Å²) in [5, 5.41) is 3.61. The summed E-state index contributed by atoms with van der Waals surface area (Å²) in [5.41, 5.74) is 7.29. The maximum atomic E-state index is 13.6. The molecule has 8 heteroatoms. The van der Waals surface area contributed by atoms with E-state index in [2.05, 4.69) is 10.3 Å². The molecule has 2 aromatic carbocycles. The number of nitrogens with one attached hydrogen (secondary N) is 2. The quantitative estimate of drug-likeness (QED) is 0.571. The van der Waals surface area contributed by atoms with Gasteiger partial charge in [-0.3, -0.25) is 14.4 Å². The van der Waals surface area contributed by atoms with Crippen molar-refractivity contribution in [2.45, 2.75) is 30.0 Å². The van der Waals surface area contributed by atoms with Gasteiger partial charge in [-0.05, 0) is 30.2 Å². The maximum Gasteiger partial charge on any atom is 0.268 e. The van der Waals surface area contributed by atoms with Gasteiger partial charge >= 0.3 is 0 Å². The Kier molecular flexibility index (Phi) is 5.73. The zero-order valence-electron chi connectivity index (χ0n) is 17.3. The van der Waals surface area contributed by atoms with Crippen molar-refractivity contribution in [3.05, 3.63) is 60.3 Å². The Morgan fingerprint density at radius 2 is 1.87 bits per heavy atom. The molecule has 0 bridgehead atoms. The minimum Gasteiger partial charge on any atom is -0.368 e. The molecule has 0 spiro atoms. The van der Waals surface area contributed by atoms with Crippen molar-refractivity contribution >= 4 is 46.1 Å². The fraction of sp³-hybridized carbons (Fsp3) is 0.261. The van der Waals surface area contributed by atoms with Gasteiger partial charge in [0.05, 0.1) is 5.69 Å². The highest BCUT2D eigenvalue weighted by atomic mass is 32.2. The number of rotatable bonds is 5. The molecule has 1 aliphatic heterocycles. The molecule has 0 radical (unpaired) electrons. The van der Waals surface area contributed by atoms with Crippen LogP contribution in [0.3, 0.4) is 0 Å². The first kappa shape index (κ1) is 21.0. The van der Waals surface area contributed by atoms with Crippen LogP contribution in [0.15, 0.2) is 59.5 Å². The molecular formula is C23H24N4O3S. The molecule has 0 saturated carbocycles. The summed E-state index contributed by atoms with van der Waals surface area (Å²) in [6, 6.07) is 15.9. The van der Waals surface area contributed by atoms with Gasteiger partial charge in [0.15, 0.2) is 0 Å². The smallest absolute Gasteiger partial charge is 0.268 e. The topological polar surface area (TPSA) is 108 Å². The van der Waals surface area contributed by atoms with Gasteiger partial charge in [0, 0.05) is 21.0 Å². The molecule has 3 aromatic rings. The molecule has 1 aromatic heterocycles. The second kappa shape index (κ2) is 8.47. The van der Waals surface area contributed by atoms with Crippen molar-refractivity contribution in [2.75, 3.05) is 11.4 Å². The van der Waals surface area contributed by atoms with Crippen LogP contribution in [0.4, 0.5) is 5.69 Å². The van der Waals surface area contributed by atoms with Crippen LogP contribution in [0.25, 0.3) is 10.9 Å². The first-order valence-corrected chi connectivity index (χ1v) is 11.0. The van der Waals surface area contributed by atoms with Crippen molar-refractivity contribution in [1.82, 2.24) is 10.3 Å². The molecule has 0 saturated heterocycles. The third-order valence-corrected chi connectivity index (χ3v) is 7.00. The fourth-order valence-electron chi connectivity index (χ4n) is 3.82. The number of nitrogens with two attached hydrogens (primary N) is 1. The molecule has 4 N–H and O–H groups in total. The number of para-hydroxylation sites is 2. The van der Waals surface area contributed by atoms with E-state index in [4.69, 9.17) is 5.73 Å². The molecule has 2 atom stereocenters. The maximum absolute atomic E-state index is 13.6. The number of fused-ring (bicyclic) bond motifs is 2. The number of H-pyrrole nitrogens is 1. The minimum atomic E-state index is -0.823. The van der Waals surface area contributed by atoms with E-state index in [-0.39, 0.29) is 29.5 Å². The highest BCUT2D eigenvalue weighted by molar-refractivity contribution is 8.00. The van der Waals surface area contributed by atoms with Crippen molar-refractivity contribution in [3.8, 4) is 0 Å². The lowest BCUT2D eigenvalue weighted by Crippen LogP contribution is -2.55. The number of benzene rings is 2. The molecule has 2 unspecified atom stereocenters. The van der Waals surface area contributed by atoms with E-state index in [9.17, 15) is 14.4 Å². The van der Waals surface area contributed by atoms with Gasteiger partial charge in [-0.2, -0.15) is 0 Å². The molecule has 31 heavy (non-hydrogen) atoms. The van der Waals surface area contributed by atoms with Gasteiger partial charge < -0.3 is 20.9 Å². The SMILES string of the molecule is CC(C)C1Sc2ccccc2N(CC(N)=O)C(=O)C1NC(=O)c1cc2ccccc2[nH]1. The van der Waals surface area contributed by atoms with Gasteiger partial charge in [-0.15, -0.1) is 11.8 Å². The molecular weight excluding hydrogens is 412 g/mol. The van der Waals surface area contributed by atoms with Crippen LogP contribution >= 0.6 is 11.8 Å². The molecule has 0 aliphatic carbocycles. The van der Waals surface area contributed by atoms with Gasteiger partial charge in [-0.1, -0.05) is 44.2 Å². The Bertz CT molecular complexity index is 1120. The second-order valence-corrected chi connectivity index (χ2v) is 9.13. The van der Waals surface area contributed by atoms with E-state index < -0.39 is 11.9 Å². The van der Waals surface area contributed by atoms with Crippen molar-refractivity contribution < 1.29 is 14.4 Å². The number of hydrogen-bond donors (Lipinski definition) is 3. The number of anilines is 1. The first-order valence-electron chi connectivity index (χ1n) is 10.1. The average Bonchev–Trinajstić information content (AvgIpc) is 3.14. The summed E-state index contributed by atoms with van der Waals surface area (Å²) in [4.78, 5) is 43.8. The van der Waals surface area contributed by atoms with Crippen molar-refractivity contribution in [1.29, 1.82) is 0 Å². The summed E-state index contributed by atoms with van der Waals surface area (Å²) in [6.07, 6.45) is 0. The molecule has 1 aliphatic rings. The molecule has 2 heterocycles. The van der Waals surface area contributed by atoms with Gasteiger partial charge in [0.1, 0.15) is 18.3 Å². The Balaban J connectivity index is 1.70. The molecule has 160 valence electrons. The summed E-state index contributed by atoms with van der Waals surface area (Å²) in [6.45, 7) is 3.78. The Labute approximate surface area is 184 Å². The Morgan fingerprint density at radius 3 is 2.58 bits per heavy atom. The number of thioether (sulfide) groups is 1. The Morgan fingerprint density at radius 1 is 1.16 bits per heavy atom. The summed E-state index contributed by atoms with van der Waals surface area (Å²) < 4.78 is 0. The predicted molar refractivity (Wildman–Crippen MR) is 122 cm³/mol. The number of aromatic amines is 1. The highest BCUT2D eigenvalue weighted by Gasteiger charge is 2.40. The molecule has 0 fully saturated rings. The summed E-state index contributed by atoms with van der Waals surface area (Å²) in [7, 11) is 0. The van der Waals surface area contributed by atoms with Crippen molar-refractivity contribution in [2.24, 2.45) is 11.7 Å². The zero-order valence-corrected chi connectivity index (χ0v) is 18.1. The number of carbonyl (C=O) groups is 3.